The molecule has 0 N–H and O–H groups in total. The Kier molecular flexibility index (Phi) is 6.00. The lowest BCUT2D eigenvalue weighted by molar-refractivity contribution is 0.0792. The molecule has 0 radical (unpaired) electrons. The van der Waals surface area contributed by atoms with Crippen molar-refractivity contribution in [3.63, 3.8) is 0 Å². The maximum atomic E-state index is 12.7. The minimum Gasteiger partial charge on any atom is -0.497 e. The number of carbonyl (C=O) groups is 1. The number of methoxy groups -OCH3 is 1. The van der Waals surface area contributed by atoms with E-state index in [4.69, 9.17) is 14.2 Å². The normalized spacial score (nSPS) is 13.5. The van der Waals surface area contributed by atoms with Crippen LogP contribution in [0, 0.1) is 0 Å². The zero-order valence-electron chi connectivity index (χ0n) is 15.4. The maximum absolute atomic E-state index is 12.7. The molecule has 3 rings (SSSR count). The van der Waals surface area contributed by atoms with Gasteiger partial charge in [-0.1, -0.05) is 6.07 Å². The highest BCUT2D eigenvalue weighted by molar-refractivity contribution is 5.94. The van der Waals surface area contributed by atoms with E-state index in [0.717, 1.165) is 43.0 Å². The molecule has 0 saturated carbocycles. The van der Waals surface area contributed by atoms with Crippen molar-refractivity contribution in [2.24, 2.45) is 0 Å². The molecular formula is C21H25NO4. The minimum absolute atomic E-state index is 0.0770. The molecule has 0 aromatic heterocycles. The third-order valence-electron chi connectivity index (χ3n) is 4.44. The van der Waals surface area contributed by atoms with Crippen LogP contribution < -0.4 is 14.2 Å². The van der Waals surface area contributed by atoms with Gasteiger partial charge in [-0.3, -0.25) is 4.79 Å². The number of hydrogen-bond acceptors (Lipinski definition) is 4. The number of rotatable bonds is 7. The molecule has 2 aromatic rings. The summed E-state index contributed by atoms with van der Waals surface area (Å²) in [5, 5.41) is 0. The predicted molar refractivity (Wildman–Crippen MR) is 100 cm³/mol. The van der Waals surface area contributed by atoms with Crippen LogP contribution in [-0.2, 0) is 6.61 Å². The third-order valence-corrected chi connectivity index (χ3v) is 4.44. The minimum atomic E-state index is 0.0770. The molecule has 26 heavy (non-hydrogen) atoms. The van der Waals surface area contributed by atoms with Crippen molar-refractivity contribution in [1.82, 2.24) is 4.90 Å². The van der Waals surface area contributed by atoms with Gasteiger partial charge in [0.05, 0.1) is 13.7 Å². The quantitative estimate of drug-likeness (QED) is 0.755. The van der Waals surface area contributed by atoms with Crippen molar-refractivity contribution < 1.29 is 19.0 Å². The lowest BCUT2D eigenvalue weighted by Crippen LogP contribution is -2.27. The monoisotopic (exact) mass is 355 g/mol. The molecule has 0 unspecified atom stereocenters. The van der Waals surface area contributed by atoms with Gasteiger partial charge in [0.1, 0.15) is 23.9 Å². The molecular weight excluding hydrogens is 330 g/mol. The van der Waals surface area contributed by atoms with Crippen LogP contribution in [-0.4, -0.2) is 37.6 Å². The maximum Gasteiger partial charge on any atom is 0.253 e. The molecule has 0 bridgehead atoms. The number of carbonyl (C=O) groups excluding carboxylic acids is 1. The van der Waals surface area contributed by atoms with Crippen molar-refractivity contribution in [1.29, 1.82) is 0 Å². The van der Waals surface area contributed by atoms with Crippen LogP contribution in [0.15, 0.2) is 42.5 Å². The number of benzene rings is 2. The molecule has 0 spiro atoms. The van der Waals surface area contributed by atoms with E-state index in [1.165, 1.54) is 0 Å². The zero-order valence-corrected chi connectivity index (χ0v) is 15.4. The smallest absolute Gasteiger partial charge is 0.253 e. The van der Waals surface area contributed by atoms with Gasteiger partial charge < -0.3 is 19.1 Å². The second kappa shape index (κ2) is 8.61. The highest BCUT2D eigenvalue weighted by atomic mass is 16.5. The molecule has 5 nitrogen and oxygen atoms in total. The topological polar surface area (TPSA) is 48.0 Å². The van der Waals surface area contributed by atoms with Gasteiger partial charge in [0.2, 0.25) is 0 Å². The standard InChI is InChI=1S/C21H25NO4/c1-3-25-20-10-9-16(21(23)22-11-4-5-12-22)13-17(20)15-26-19-8-6-7-18(14-19)24-2/h6-10,13-14H,3-5,11-12,15H2,1-2H3. The Bertz CT molecular complexity index is 753. The van der Waals surface area contributed by atoms with Crippen LogP contribution in [0.4, 0.5) is 0 Å². The SMILES string of the molecule is CCOc1ccc(C(=O)N2CCCC2)cc1COc1cccc(OC)c1. The molecule has 1 aliphatic heterocycles. The Morgan fingerprint density at radius 2 is 1.81 bits per heavy atom. The van der Waals surface area contributed by atoms with Gasteiger partial charge in [0.15, 0.2) is 0 Å². The molecule has 5 heteroatoms. The summed E-state index contributed by atoms with van der Waals surface area (Å²) >= 11 is 0. The van der Waals surface area contributed by atoms with Gasteiger partial charge in [-0.05, 0) is 50.1 Å². The summed E-state index contributed by atoms with van der Waals surface area (Å²) in [6, 6.07) is 13.0. The van der Waals surface area contributed by atoms with Crippen LogP contribution in [0.25, 0.3) is 0 Å². The largest absolute Gasteiger partial charge is 0.497 e. The van der Waals surface area contributed by atoms with Gasteiger partial charge in [0.25, 0.3) is 5.91 Å². The number of ether oxygens (including phenoxy) is 3. The van der Waals surface area contributed by atoms with Crippen molar-refractivity contribution in [2.75, 3.05) is 26.8 Å². The lowest BCUT2D eigenvalue weighted by atomic mass is 10.1. The lowest BCUT2D eigenvalue weighted by Gasteiger charge is -2.17. The highest BCUT2D eigenvalue weighted by Gasteiger charge is 2.20. The van der Waals surface area contributed by atoms with Crippen molar-refractivity contribution in [3.05, 3.63) is 53.6 Å². The van der Waals surface area contributed by atoms with E-state index in [1.54, 1.807) is 7.11 Å². The third kappa shape index (κ3) is 4.28. The molecule has 1 fully saturated rings. The number of hydrogen-bond donors (Lipinski definition) is 0. The Morgan fingerprint density at radius 1 is 1.04 bits per heavy atom. The molecule has 0 aliphatic carbocycles. The summed E-state index contributed by atoms with van der Waals surface area (Å²) in [5.41, 5.74) is 1.54. The van der Waals surface area contributed by atoms with Gasteiger partial charge in [-0.15, -0.1) is 0 Å². The number of nitrogens with zero attached hydrogens (tertiary/aromatic N) is 1. The van der Waals surface area contributed by atoms with E-state index in [-0.39, 0.29) is 5.91 Å². The Balaban J connectivity index is 1.78. The van der Waals surface area contributed by atoms with Crippen molar-refractivity contribution in [3.8, 4) is 17.2 Å². The summed E-state index contributed by atoms with van der Waals surface area (Å²) in [7, 11) is 1.62. The fourth-order valence-corrected chi connectivity index (χ4v) is 3.08. The van der Waals surface area contributed by atoms with Crippen LogP contribution in [0.5, 0.6) is 17.2 Å². The van der Waals surface area contributed by atoms with Crippen LogP contribution >= 0.6 is 0 Å². The van der Waals surface area contributed by atoms with Crippen molar-refractivity contribution in [2.45, 2.75) is 26.4 Å². The van der Waals surface area contributed by atoms with Crippen LogP contribution in [0.1, 0.15) is 35.7 Å². The van der Waals surface area contributed by atoms with E-state index in [1.807, 2.05) is 54.3 Å². The average molecular weight is 355 g/mol. The first-order valence-electron chi connectivity index (χ1n) is 9.03. The molecule has 1 saturated heterocycles. The second-order valence-corrected chi connectivity index (χ2v) is 6.22. The van der Waals surface area contributed by atoms with E-state index >= 15 is 0 Å². The van der Waals surface area contributed by atoms with Gasteiger partial charge >= 0.3 is 0 Å². The summed E-state index contributed by atoms with van der Waals surface area (Å²) in [5.74, 6) is 2.27. The first-order chi connectivity index (χ1) is 12.7. The first kappa shape index (κ1) is 18.1. The second-order valence-electron chi connectivity index (χ2n) is 6.22. The fourth-order valence-electron chi connectivity index (χ4n) is 3.08. The summed E-state index contributed by atoms with van der Waals surface area (Å²) in [6.45, 7) is 4.49. The van der Waals surface area contributed by atoms with Gasteiger partial charge in [-0.25, -0.2) is 0 Å². The average Bonchev–Trinajstić information content (AvgIpc) is 3.22. The van der Waals surface area contributed by atoms with Gasteiger partial charge in [0, 0.05) is 30.3 Å². The van der Waals surface area contributed by atoms with Crippen LogP contribution in [0.2, 0.25) is 0 Å². The van der Waals surface area contributed by atoms with E-state index in [0.29, 0.717) is 24.5 Å². The summed E-state index contributed by atoms with van der Waals surface area (Å²) in [6.07, 6.45) is 2.16. The molecule has 0 atom stereocenters. The van der Waals surface area contributed by atoms with E-state index in [9.17, 15) is 4.79 Å². The Hall–Kier alpha value is -2.69. The van der Waals surface area contributed by atoms with E-state index < -0.39 is 0 Å². The molecule has 1 heterocycles. The molecule has 1 aliphatic rings. The number of likely N-dealkylation sites (tertiary alicyclic amines) is 1. The molecule has 138 valence electrons. The van der Waals surface area contributed by atoms with Gasteiger partial charge in [-0.2, -0.15) is 0 Å². The van der Waals surface area contributed by atoms with E-state index in [2.05, 4.69) is 0 Å². The first-order valence-corrected chi connectivity index (χ1v) is 9.03. The number of amides is 1. The fraction of sp³-hybridized carbons (Fsp3) is 0.381. The Morgan fingerprint density at radius 3 is 2.54 bits per heavy atom. The Labute approximate surface area is 154 Å². The predicted octanol–water partition coefficient (Wildman–Crippen LogP) is 3.91. The summed E-state index contributed by atoms with van der Waals surface area (Å²) < 4.78 is 16.8. The van der Waals surface area contributed by atoms with Crippen LogP contribution in [0.3, 0.4) is 0 Å². The highest BCUT2D eigenvalue weighted by Crippen LogP contribution is 2.25. The summed E-state index contributed by atoms with van der Waals surface area (Å²) in [4.78, 5) is 14.6. The van der Waals surface area contributed by atoms with Crippen molar-refractivity contribution >= 4 is 5.91 Å². The molecule has 2 aromatic carbocycles. The molecule has 1 amide bonds. The zero-order chi connectivity index (χ0) is 18.4.